The van der Waals surface area contributed by atoms with E-state index in [9.17, 15) is 0 Å². The molecule has 1 saturated heterocycles. The highest BCUT2D eigenvalue weighted by atomic mass is 15.4. The quantitative estimate of drug-likeness (QED) is 0.687. The average molecular weight is 194 g/mol. The summed E-state index contributed by atoms with van der Waals surface area (Å²) < 4.78 is 1.86. The van der Waals surface area contributed by atoms with Crippen molar-refractivity contribution in [3.05, 3.63) is 12.3 Å². The van der Waals surface area contributed by atoms with Gasteiger partial charge in [0.1, 0.15) is 0 Å². The number of likely N-dealkylation sites (N-methyl/N-ethyl adjacent to an activating group) is 1. The van der Waals surface area contributed by atoms with E-state index in [1.54, 1.807) is 0 Å². The lowest BCUT2D eigenvalue weighted by Gasteiger charge is -2.34. The monoisotopic (exact) mass is 194 g/mol. The molecular formula is C10H18N4. The van der Waals surface area contributed by atoms with Crippen molar-refractivity contribution in [3.8, 4) is 0 Å². The minimum atomic E-state index is 1.10. The lowest BCUT2D eigenvalue weighted by molar-refractivity contribution is 0.270. The molecule has 0 N–H and O–H groups in total. The van der Waals surface area contributed by atoms with Crippen LogP contribution in [0, 0.1) is 0 Å². The van der Waals surface area contributed by atoms with Crippen LogP contribution in [0.5, 0.6) is 0 Å². The molecule has 0 aliphatic carbocycles. The maximum atomic E-state index is 4.41. The van der Waals surface area contributed by atoms with Crippen LogP contribution in [0.4, 0.5) is 5.82 Å². The van der Waals surface area contributed by atoms with Gasteiger partial charge in [-0.1, -0.05) is 6.92 Å². The van der Waals surface area contributed by atoms with Crippen LogP contribution in [0.3, 0.4) is 0 Å². The standard InChI is InChI=1S/C10H18N4/c1-3-13-6-8-14(9-7-13)10-4-5-12(2)11-10/h4-5H,3,6-9H2,1-2H3. The molecule has 14 heavy (non-hydrogen) atoms. The van der Waals surface area contributed by atoms with E-state index in [2.05, 4.69) is 27.9 Å². The van der Waals surface area contributed by atoms with Gasteiger partial charge in [-0.2, -0.15) is 5.10 Å². The third-order valence-corrected chi connectivity index (χ3v) is 2.84. The molecule has 0 atom stereocenters. The Labute approximate surface area is 85.1 Å². The van der Waals surface area contributed by atoms with Gasteiger partial charge in [-0.05, 0) is 6.54 Å². The number of rotatable bonds is 2. The highest BCUT2D eigenvalue weighted by Gasteiger charge is 2.16. The first-order valence-electron chi connectivity index (χ1n) is 5.26. The topological polar surface area (TPSA) is 24.3 Å². The Morgan fingerprint density at radius 3 is 2.50 bits per heavy atom. The van der Waals surface area contributed by atoms with Gasteiger partial charge in [0.15, 0.2) is 5.82 Å². The molecule has 0 spiro atoms. The first kappa shape index (κ1) is 9.52. The van der Waals surface area contributed by atoms with Gasteiger partial charge in [0.05, 0.1) is 0 Å². The van der Waals surface area contributed by atoms with Crippen LogP contribution in [0.1, 0.15) is 6.92 Å². The lowest BCUT2D eigenvalue weighted by Crippen LogP contribution is -2.46. The van der Waals surface area contributed by atoms with Crippen molar-refractivity contribution in [2.75, 3.05) is 37.6 Å². The number of hydrogen-bond donors (Lipinski definition) is 0. The normalized spacial score (nSPS) is 18.9. The second kappa shape index (κ2) is 4.00. The Hall–Kier alpha value is -1.03. The molecule has 0 unspecified atom stereocenters. The molecule has 1 fully saturated rings. The van der Waals surface area contributed by atoms with E-state index in [0.29, 0.717) is 0 Å². The van der Waals surface area contributed by atoms with Gasteiger partial charge in [-0.15, -0.1) is 0 Å². The number of piperazine rings is 1. The zero-order chi connectivity index (χ0) is 9.97. The van der Waals surface area contributed by atoms with Crippen molar-refractivity contribution in [2.45, 2.75) is 6.92 Å². The van der Waals surface area contributed by atoms with E-state index in [1.807, 2.05) is 17.9 Å². The van der Waals surface area contributed by atoms with Crippen LogP contribution in [0.25, 0.3) is 0 Å². The van der Waals surface area contributed by atoms with Crippen molar-refractivity contribution >= 4 is 5.82 Å². The van der Waals surface area contributed by atoms with Gasteiger partial charge in [0.2, 0.25) is 0 Å². The Balaban J connectivity index is 1.95. The molecule has 0 bridgehead atoms. The second-order valence-corrected chi connectivity index (χ2v) is 3.77. The van der Waals surface area contributed by atoms with Crippen molar-refractivity contribution in [2.24, 2.45) is 7.05 Å². The summed E-state index contributed by atoms with van der Waals surface area (Å²) in [4.78, 5) is 4.82. The van der Waals surface area contributed by atoms with Crippen molar-refractivity contribution in [1.82, 2.24) is 14.7 Å². The van der Waals surface area contributed by atoms with Crippen LogP contribution in [-0.2, 0) is 7.05 Å². The summed E-state index contributed by atoms with van der Waals surface area (Å²) in [6, 6.07) is 2.08. The minimum absolute atomic E-state index is 1.10. The van der Waals surface area contributed by atoms with Crippen LogP contribution in [-0.4, -0.2) is 47.4 Å². The van der Waals surface area contributed by atoms with E-state index in [1.165, 1.54) is 0 Å². The van der Waals surface area contributed by atoms with Crippen LogP contribution in [0.2, 0.25) is 0 Å². The molecule has 78 valence electrons. The molecule has 1 aliphatic heterocycles. The zero-order valence-corrected chi connectivity index (χ0v) is 8.98. The summed E-state index contributed by atoms with van der Waals surface area (Å²) in [6.07, 6.45) is 2.00. The highest BCUT2D eigenvalue weighted by molar-refractivity contribution is 5.37. The van der Waals surface area contributed by atoms with Gasteiger partial charge in [-0.3, -0.25) is 4.68 Å². The van der Waals surface area contributed by atoms with Gasteiger partial charge in [0, 0.05) is 45.5 Å². The van der Waals surface area contributed by atoms with Crippen molar-refractivity contribution in [3.63, 3.8) is 0 Å². The number of nitrogens with zero attached hydrogens (tertiary/aromatic N) is 4. The largest absolute Gasteiger partial charge is 0.353 e. The van der Waals surface area contributed by atoms with Crippen LogP contribution in [0.15, 0.2) is 12.3 Å². The summed E-state index contributed by atoms with van der Waals surface area (Å²) in [5.41, 5.74) is 0. The molecule has 4 heteroatoms. The molecule has 2 heterocycles. The molecule has 0 radical (unpaired) electrons. The van der Waals surface area contributed by atoms with Gasteiger partial charge in [0.25, 0.3) is 0 Å². The second-order valence-electron chi connectivity index (χ2n) is 3.77. The third kappa shape index (κ3) is 1.90. The van der Waals surface area contributed by atoms with E-state index < -0.39 is 0 Å². The molecule has 1 aromatic rings. The maximum Gasteiger partial charge on any atom is 0.150 e. The molecular weight excluding hydrogens is 176 g/mol. The van der Waals surface area contributed by atoms with Crippen molar-refractivity contribution < 1.29 is 0 Å². The molecule has 0 aromatic carbocycles. The van der Waals surface area contributed by atoms with E-state index >= 15 is 0 Å². The fraction of sp³-hybridized carbons (Fsp3) is 0.700. The SMILES string of the molecule is CCN1CCN(c2ccn(C)n2)CC1. The van der Waals surface area contributed by atoms with E-state index in [0.717, 1.165) is 38.5 Å². The Kier molecular flexibility index (Phi) is 2.72. The fourth-order valence-corrected chi connectivity index (χ4v) is 1.86. The summed E-state index contributed by atoms with van der Waals surface area (Å²) in [5.74, 6) is 1.11. The Morgan fingerprint density at radius 2 is 2.00 bits per heavy atom. The predicted octanol–water partition coefficient (Wildman–Crippen LogP) is 0.562. The highest BCUT2D eigenvalue weighted by Crippen LogP contribution is 2.12. The molecule has 1 aliphatic rings. The zero-order valence-electron chi connectivity index (χ0n) is 8.98. The molecule has 2 rings (SSSR count). The summed E-state index contributed by atoms with van der Waals surface area (Å²) in [6.45, 7) is 7.91. The number of aromatic nitrogens is 2. The number of hydrogen-bond acceptors (Lipinski definition) is 3. The molecule has 0 amide bonds. The Morgan fingerprint density at radius 1 is 1.29 bits per heavy atom. The smallest absolute Gasteiger partial charge is 0.150 e. The molecule has 4 nitrogen and oxygen atoms in total. The van der Waals surface area contributed by atoms with Gasteiger partial charge in [-0.25, -0.2) is 0 Å². The Bertz CT molecular complexity index is 286. The first-order valence-corrected chi connectivity index (χ1v) is 5.26. The van der Waals surface area contributed by atoms with E-state index in [4.69, 9.17) is 0 Å². The van der Waals surface area contributed by atoms with Crippen molar-refractivity contribution in [1.29, 1.82) is 0 Å². The number of anilines is 1. The van der Waals surface area contributed by atoms with Gasteiger partial charge < -0.3 is 9.80 Å². The predicted molar refractivity (Wildman–Crippen MR) is 57.5 cm³/mol. The minimum Gasteiger partial charge on any atom is -0.353 e. The van der Waals surface area contributed by atoms with Gasteiger partial charge >= 0.3 is 0 Å². The first-order chi connectivity index (χ1) is 6.79. The molecule has 0 saturated carbocycles. The summed E-state index contributed by atoms with van der Waals surface area (Å²) in [7, 11) is 1.96. The van der Waals surface area contributed by atoms with Crippen LogP contribution < -0.4 is 4.90 Å². The molecule has 1 aromatic heterocycles. The summed E-state index contributed by atoms with van der Waals surface area (Å²) in [5, 5.41) is 4.41. The third-order valence-electron chi connectivity index (χ3n) is 2.84. The summed E-state index contributed by atoms with van der Waals surface area (Å²) >= 11 is 0. The number of aryl methyl sites for hydroxylation is 1. The lowest BCUT2D eigenvalue weighted by atomic mass is 10.3. The average Bonchev–Trinajstić information content (AvgIpc) is 2.65. The maximum absolute atomic E-state index is 4.41. The van der Waals surface area contributed by atoms with Crippen LogP contribution >= 0.6 is 0 Å². The fourth-order valence-electron chi connectivity index (χ4n) is 1.86. The van der Waals surface area contributed by atoms with E-state index in [-0.39, 0.29) is 0 Å².